The number of aryl methyl sites for hydroxylation is 2. The largest absolute Gasteiger partial charge is 0.507 e. The molecule has 0 bridgehead atoms. The smallest absolute Gasteiger partial charge is 0.410 e. The van der Waals surface area contributed by atoms with E-state index in [4.69, 9.17) is 14.2 Å². The Morgan fingerprint density at radius 1 is 1.14 bits per heavy atom. The summed E-state index contributed by atoms with van der Waals surface area (Å²) in [6.45, 7) is 10.6. The standard InChI is InChI=1S/C34H54N4O11/c1-20-14-22(15-21(2)26(20)41)29(43)35-17-24(40)27(42)28-25(36(6)7)23(39)16-34(48-28,30(44)45)9-11-38-12-13-47-19-33(38)8-10-37(18-33)31(46)49-32(3,4)5/h14-15,23-25,27-28,39-42H,8-13,16-19H2,1-7H3,(H,35,43)(H,44,45)/t23-,24+,25+,27+,28+,33-,34+/m0/s1. The van der Waals surface area contributed by atoms with Crippen molar-refractivity contribution in [3.8, 4) is 5.75 Å². The Balaban J connectivity index is 1.49. The van der Waals surface area contributed by atoms with Crippen LogP contribution in [0.5, 0.6) is 5.75 Å². The number of likely N-dealkylation sites (N-methyl/N-ethyl adjacent to an activating group) is 1. The summed E-state index contributed by atoms with van der Waals surface area (Å²) >= 11 is 0. The van der Waals surface area contributed by atoms with E-state index in [1.807, 2.05) is 0 Å². The van der Waals surface area contributed by atoms with Crippen molar-refractivity contribution in [3.63, 3.8) is 0 Å². The number of phenols is 1. The van der Waals surface area contributed by atoms with Crippen molar-refractivity contribution in [2.24, 2.45) is 0 Å². The number of hydrogen-bond donors (Lipinski definition) is 6. The number of aliphatic carboxylic acids is 1. The van der Waals surface area contributed by atoms with E-state index in [-0.39, 0.29) is 37.2 Å². The summed E-state index contributed by atoms with van der Waals surface area (Å²) in [5.41, 5.74) is -1.86. The van der Waals surface area contributed by atoms with Crippen molar-refractivity contribution >= 4 is 18.0 Å². The van der Waals surface area contributed by atoms with Gasteiger partial charge in [0.1, 0.15) is 23.6 Å². The van der Waals surface area contributed by atoms with Gasteiger partial charge in [-0.3, -0.25) is 9.69 Å². The number of nitrogens with zero attached hydrogens (tertiary/aromatic N) is 3. The molecule has 3 aliphatic rings. The fourth-order valence-corrected chi connectivity index (χ4v) is 7.24. The summed E-state index contributed by atoms with van der Waals surface area (Å²) in [6.07, 6.45) is -5.98. The number of nitrogens with one attached hydrogen (secondary N) is 1. The number of rotatable bonds is 10. The van der Waals surface area contributed by atoms with Gasteiger partial charge in [0.2, 0.25) is 0 Å². The highest BCUT2D eigenvalue weighted by molar-refractivity contribution is 5.94. The number of hydrogen-bond acceptors (Lipinski definition) is 12. The van der Waals surface area contributed by atoms with Gasteiger partial charge < -0.3 is 54.9 Å². The molecule has 0 aromatic heterocycles. The SMILES string of the molecule is Cc1cc(C(=O)NC[C@@H](O)[C@@H](O)[C@@H]2O[C@@](CCN3CCOC[C@@]34CCN(C(=O)OC(C)(C)C)C4)(C(=O)O)C[C@H](O)[C@H]2N(C)C)cc(C)c1O. The number of likely N-dealkylation sites (tertiary alicyclic amines) is 1. The third kappa shape index (κ3) is 8.64. The number of phenolic OH excluding ortho intramolecular Hbond substituents is 1. The number of aliphatic hydroxyl groups is 3. The molecule has 3 fully saturated rings. The predicted octanol–water partition coefficient (Wildman–Crippen LogP) is 0.466. The first-order valence-electron chi connectivity index (χ1n) is 16.8. The second-order valence-corrected chi connectivity index (χ2v) is 15.0. The van der Waals surface area contributed by atoms with Crippen LogP contribution >= 0.6 is 0 Å². The highest BCUT2D eigenvalue weighted by Crippen LogP contribution is 2.38. The average molecular weight is 695 g/mol. The van der Waals surface area contributed by atoms with Crippen molar-refractivity contribution in [2.45, 2.75) is 101 Å². The molecule has 49 heavy (non-hydrogen) atoms. The molecule has 2 amide bonds. The van der Waals surface area contributed by atoms with Gasteiger partial charge >= 0.3 is 12.1 Å². The van der Waals surface area contributed by atoms with Crippen LogP contribution in [0.1, 0.15) is 61.5 Å². The van der Waals surface area contributed by atoms with Crippen molar-refractivity contribution in [1.29, 1.82) is 0 Å². The zero-order valence-corrected chi connectivity index (χ0v) is 29.6. The topological polar surface area (TPSA) is 202 Å². The number of amides is 2. The van der Waals surface area contributed by atoms with Gasteiger partial charge in [0.05, 0.1) is 37.0 Å². The summed E-state index contributed by atoms with van der Waals surface area (Å²) in [6, 6.07) is 2.13. The Morgan fingerprint density at radius 2 is 1.80 bits per heavy atom. The highest BCUT2D eigenvalue weighted by atomic mass is 16.6. The van der Waals surface area contributed by atoms with E-state index in [1.165, 1.54) is 12.1 Å². The maximum Gasteiger partial charge on any atom is 0.410 e. The lowest BCUT2D eigenvalue weighted by molar-refractivity contribution is -0.241. The lowest BCUT2D eigenvalue weighted by Crippen LogP contribution is -2.67. The molecule has 0 radical (unpaired) electrons. The van der Waals surface area contributed by atoms with Crippen LogP contribution in [0.4, 0.5) is 4.79 Å². The number of ether oxygens (including phenoxy) is 3. The minimum absolute atomic E-state index is 0.0522. The Labute approximate surface area is 287 Å². The first-order valence-corrected chi connectivity index (χ1v) is 16.8. The molecule has 3 saturated heterocycles. The van der Waals surface area contributed by atoms with E-state index >= 15 is 0 Å². The summed E-state index contributed by atoms with van der Waals surface area (Å²) in [7, 11) is 3.31. The number of morpholine rings is 1. The maximum atomic E-state index is 13.0. The van der Waals surface area contributed by atoms with Crippen LogP contribution in [0.2, 0.25) is 0 Å². The first kappa shape index (κ1) is 38.7. The molecule has 1 spiro atoms. The van der Waals surface area contributed by atoms with Crippen LogP contribution in [-0.2, 0) is 19.0 Å². The van der Waals surface area contributed by atoms with Gasteiger partial charge in [0.15, 0.2) is 5.60 Å². The van der Waals surface area contributed by atoms with Gasteiger partial charge in [-0.1, -0.05) is 0 Å². The molecule has 15 heteroatoms. The molecule has 0 unspecified atom stereocenters. The van der Waals surface area contributed by atoms with Crippen LogP contribution in [0.15, 0.2) is 12.1 Å². The van der Waals surface area contributed by atoms with E-state index in [0.29, 0.717) is 50.4 Å². The predicted molar refractivity (Wildman–Crippen MR) is 177 cm³/mol. The number of benzene rings is 1. The lowest BCUT2D eigenvalue weighted by atomic mass is 9.81. The van der Waals surface area contributed by atoms with Gasteiger partial charge in [-0.2, -0.15) is 0 Å². The van der Waals surface area contributed by atoms with Crippen LogP contribution in [0.25, 0.3) is 0 Å². The quantitative estimate of drug-likeness (QED) is 0.198. The van der Waals surface area contributed by atoms with Crippen molar-refractivity contribution in [2.75, 3.05) is 60.0 Å². The number of aliphatic hydroxyl groups excluding tert-OH is 3. The van der Waals surface area contributed by atoms with Crippen LogP contribution in [-0.4, -0.2) is 165 Å². The molecule has 276 valence electrons. The molecule has 3 aliphatic heterocycles. The molecule has 1 aromatic carbocycles. The summed E-state index contributed by atoms with van der Waals surface area (Å²) in [5, 5.41) is 56.9. The van der Waals surface area contributed by atoms with Crippen molar-refractivity contribution in [1.82, 2.24) is 20.0 Å². The molecule has 0 aliphatic carbocycles. The third-order valence-electron chi connectivity index (χ3n) is 9.89. The molecular formula is C34H54N4O11. The first-order chi connectivity index (χ1) is 22.8. The third-order valence-corrected chi connectivity index (χ3v) is 9.89. The Bertz CT molecular complexity index is 1350. The molecule has 6 N–H and O–H groups in total. The van der Waals surface area contributed by atoms with Gasteiger partial charge in [-0.05, 0) is 78.4 Å². The number of carboxylic acid groups (broad SMARTS) is 1. The Morgan fingerprint density at radius 3 is 2.39 bits per heavy atom. The average Bonchev–Trinajstić information content (AvgIpc) is 3.44. The number of aromatic hydroxyl groups is 1. The molecule has 0 saturated carbocycles. The summed E-state index contributed by atoms with van der Waals surface area (Å²) in [4.78, 5) is 44.0. The molecule has 7 atom stereocenters. The lowest BCUT2D eigenvalue weighted by Gasteiger charge is -2.50. The fraction of sp³-hybridized carbons (Fsp3) is 0.735. The molecule has 4 rings (SSSR count). The molecular weight excluding hydrogens is 640 g/mol. The van der Waals surface area contributed by atoms with Crippen LogP contribution in [0, 0.1) is 13.8 Å². The fourth-order valence-electron chi connectivity index (χ4n) is 7.24. The van der Waals surface area contributed by atoms with Crippen molar-refractivity contribution in [3.05, 3.63) is 28.8 Å². The van der Waals surface area contributed by atoms with Gasteiger partial charge in [-0.25, -0.2) is 9.59 Å². The molecule has 3 heterocycles. The summed E-state index contributed by atoms with van der Waals surface area (Å²) < 4.78 is 17.7. The van der Waals surface area contributed by atoms with Gasteiger partial charge in [0.25, 0.3) is 5.91 Å². The van der Waals surface area contributed by atoms with E-state index in [9.17, 15) is 39.9 Å². The molecule has 15 nitrogen and oxygen atoms in total. The van der Waals surface area contributed by atoms with E-state index in [1.54, 1.807) is 58.5 Å². The second kappa shape index (κ2) is 15.1. The van der Waals surface area contributed by atoms with Crippen molar-refractivity contribution < 1.29 is 54.1 Å². The van der Waals surface area contributed by atoms with E-state index in [2.05, 4.69) is 10.2 Å². The number of carbonyl (C=O) groups is 3. The van der Waals surface area contributed by atoms with Crippen LogP contribution < -0.4 is 5.32 Å². The molecule has 1 aromatic rings. The van der Waals surface area contributed by atoms with E-state index < -0.39 is 65.2 Å². The second-order valence-electron chi connectivity index (χ2n) is 15.0. The zero-order valence-electron chi connectivity index (χ0n) is 29.6. The van der Waals surface area contributed by atoms with Crippen LogP contribution in [0.3, 0.4) is 0 Å². The highest BCUT2D eigenvalue weighted by Gasteiger charge is 2.56. The Hall–Kier alpha value is -3.05. The monoisotopic (exact) mass is 694 g/mol. The van der Waals surface area contributed by atoms with Gasteiger partial charge in [-0.15, -0.1) is 0 Å². The summed E-state index contributed by atoms with van der Waals surface area (Å²) in [5.74, 6) is -1.78. The van der Waals surface area contributed by atoms with E-state index in [0.717, 1.165) is 0 Å². The normalized spacial score (nSPS) is 29.2. The maximum absolute atomic E-state index is 13.0. The zero-order chi connectivity index (χ0) is 36.5. The number of carbonyl (C=O) groups excluding carboxylic acids is 2. The number of carboxylic acids is 1. The minimum atomic E-state index is -1.91. The Kier molecular flexibility index (Phi) is 11.9. The van der Waals surface area contributed by atoms with Gasteiger partial charge in [0, 0.05) is 51.1 Å². The minimum Gasteiger partial charge on any atom is -0.507 e.